The van der Waals surface area contributed by atoms with E-state index < -0.39 is 12.8 Å². The van der Waals surface area contributed by atoms with Gasteiger partial charge in [-0.2, -0.15) is 13.2 Å². The zero-order valence-corrected chi connectivity index (χ0v) is 12.1. The summed E-state index contributed by atoms with van der Waals surface area (Å²) < 4.78 is 50.8. The lowest BCUT2D eigenvalue weighted by molar-refractivity contribution is -0.174. The van der Waals surface area contributed by atoms with E-state index in [2.05, 4.69) is 4.74 Å². The Morgan fingerprint density at radius 3 is 2.52 bits per heavy atom. The van der Waals surface area contributed by atoms with Gasteiger partial charge in [0.15, 0.2) is 0 Å². The summed E-state index contributed by atoms with van der Waals surface area (Å²) in [4.78, 5) is 0. The second kappa shape index (κ2) is 8.09. The van der Waals surface area contributed by atoms with Crippen LogP contribution in [-0.4, -0.2) is 33.1 Å². The van der Waals surface area contributed by atoms with Crippen molar-refractivity contribution in [3.8, 4) is 11.5 Å². The smallest absolute Gasteiger partial charge is 0.411 e. The van der Waals surface area contributed by atoms with Crippen molar-refractivity contribution < 1.29 is 27.4 Å². The molecule has 0 spiro atoms. The minimum absolute atomic E-state index is 0.0169. The van der Waals surface area contributed by atoms with E-state index in [9.17, 15) is 13.2 Å². The third kappa shape index (κ3) is 6.68. The van der Waals surface area contributed by atoms with Gasteiger partial charge in [0.2, 0.25) is 0 Å². The third-order valence-electron chi connectivity index (χ3n) is 2.67. The maximum absolute atomic E-state index is 11.9. The first kappa shape index (κ1) is 17.6. The number of nitrogens with two attached hydrogens (primary N) is 1. The van der Waals surface area contributed by atoms with Gasteiger partial charge in [-0.15, -0.1) is 0 Å². The molecule has 2 N–H and O–H groups in total. The molecule has 0 aliphatic rings. The highest BCUT2D eigenvalue weighted by molar-refractivity contribution is 5.42. The van der Waals surface area contributed by atoms with Crippen LogP contribution in [0.2, 0.25) is 0 Å². The van der Waals surface area contributed by atoms with E-state index in [4.69, 9.17) is 15.2 Å². The van der Waals surface area contributed by atoms with Crippen LogP contribution in [0.1, 0.15) is 24.9 Å². The first-order valence-electron chi connectivity index (χ1n) is 6.54. The molecule has 7 heteroatoms. The number of alkyl halides is 3. The molecular weight excluding hydrogens is 287 g/mol. The van der Waals surface area contributed by atoms with Crippen LogP contribution in [0.3, 0.4) is 0 Å². The van der Waals surface area contributed by atoms with Crippen LogP contribution in [-0.2, 0) is 4.74 Å². The molecule has 1 rings (SSSR count). The maximum Gasteiger partial charge on any atom is 0.411 e. The number of halogens is 3. The number of methoxy groups -OCH3 is 1. The van der Waals surface area contributed by atoms with Crippen molar-refractivity contribution in [1.29, 1.82) is 0 Å². The standard InChI is InChI=1S/C14H20F3NO3/c1-10(18)12-5-4-11(19-2)8-13(12)21-7-3-6-20-9-14(15,16)17/h4-5,8,10H,3,6-7,9,18H2,1-2H3/t10-/m0/s1. The number of hydrogen-bond acceptors (Lipinski definition) is 4. The van der Waals surface area contributed by atoms with Crippen molar-refractivity contribution in [2.75, 3.05) is 26.9 Å². The summed E-state index contributed by atoms with van der Waals surface area (Å²) in [6.45, 7) is 0.806. The summed E-state index contributed by atoms with van der Waals surface area (Å²) in [5.41, 5.74) is 6.65. The molecule has 4 nitrogen and oxygen atoms in total. The Balaban J connectivity index is 2.43. The number of ether oxygens (including phenoxy) is 3. The minimum Gasteiger partial charge on any atom is -0.497 e. The summed E-state index contributed by atoms with van der Waals surface area (Å²) in [5.74, 6) is 1.20. The van der Waals surface area contributed by atoms with E-state index in [1.165, 1.54) is 7.11 Å². The highest BCUT2D eigenvalue weighted by Gasteiger charge is 2.27. The van der Waals surface area contributed by atoms with Crippen LogP contribution < -0.4 is 15.2 Å². The van der Waals surface area contributed by atoms with E-state index >= 15 is 0 Å². The Bertz CT molecular complexity index is 436. The SMILES string of the molecule is COc1ccc([C@H](C)N)c(OCCCOCC(F)(F)F)c1. The molecular formula is C14H20F3NO3. The van der Waals surface area contributed by atoms with E-state index in [0.29, 0.717) is 17.9 Å². The van der Waals surface area contributed by atoms with Crippen LogP contribution in [0.25, 0.3) is 0 Å². The fourth-order valence-corrected chi connectivity index (χ4v) is 1.67. The normalized spacial score (nSPS) is 13.0. The average Bonchev–Trinajstić information content (AvgIpc) is 2.41. The molecule has 0 aromatic heterocycles. The molecule has 120 valence electrons. The zero-order chi connectivity index (χ0) is 15.9. The van der Waals surface area contributed by atoms with Gasteiger partial charge >= 0.3 is 6.18 Å². The Kier molecular flexibility index (Phi) is 6.77. The Hall–Kier alpha value is -1.47. The molecule has 0 saturated carbocycles. The third-order valence-corrected chi connectivity index (χ3v) is 2.67. The lowest BCUT2D eigenvalue weighted by atomic mass is 10.1. The van der Waals surface area contributed by atoms with Crippen molar-refractivity contribution in [2.24, 2.45) is 5.73 Å². The van der Waals surface area contributed by atoms with Crippen molar-refractivity contribution in [3.63, 3.8) is 0 Å². The van der Waals surface area contributed by atoms with Crippen molar-refractivity contribution in [2.45, 2.75) is 25.6 Å². The molecule has 1 atom stereocenters. The molecule has 0 aliphatic heterocycles. The van der Waals surface area contributed by atoms with Crippen LogP contribution in [0.5, 0.6) is 11.5 Å². The molecule has 0 unspecified atom stereocenters. The number of rotatable bonds is 8. The molecule has 0 heterocycles. The highest BCUT2D eigenvalue weighted by Crippen LogP contribution is 2.28. The number of benzene rings is 1. The first-order valence-corrected chi connectivity index (χ1v) is 6.54. The Morgan fingerprint density at radius 2 is 1.95 bits per heavy atom. The molecule has 0 bridgehead atoms. The topological polar surface area (TPSA) is 53.7 Å². The molecule has 0 aliphatic carbocycles. The predicted octanol–water partition coefficient (Wildman–Crippen LogP) is 3.06. The summed E-state index contributed by atoms with van der Waals surface area (Å²) in [7, 11) is 1.54. The van der Waals surface area contributed by atoms with Gasteiger partial charge in [-0.1, -0.05) is 6.07 Å². The van der Waals surface area contributed by atoms with Crippen molar-refractivity contribution >= 4 is 0 Å². The Labute approximate surface area is 122 Å². The van der Waals surface area contributed by atoms with Gasteiger partial charge in [0.05, 0.1) is 20.3 Å². The van der Waals surface area contributed by atoms with Gasteiger partial charge in [-0.25, -0.2) is 0 Å². The van der Waals surface area contributed by atoms with Crippen LogP contribution in [0, 0.1) is 0 Å². The second-order valence-corrected chi connectivity index (χ2v) is 4.56. The monoisotopic (exact) mass is 307 g/mol. The first-order chi connectivity index (χ1) is 9.83. The van der Waals surface area contributed by atoms with Gasteiger partial charge in [0, 0.05) is 24.1 Å². The quantitative estimate of drug-likeness (QED) is 0.750. The van der Waals surface area contributed by atoms with E-state index in [1.807, 2.05) is 6.92 Å². The lowest BCUT2D eigenvalue weighted by Gasteiger charge is -2.15. The van der Waals surface area contributed by atoms with Crippen molar-refractivity contribution in [3.05, 3.63) is 23.8 Å². The van der Waals surface area contributed by atoms with Gasteiger partial charge in [0.1, 0.15) is 18.1 Å². The van der Waals surface area contributed by atoms with Gasteiger partial charge < -0.3 is 19.9 Å². The van der Waals surface area contributed by atoms with E-state index in [0.717, 1.165) is 5.56 Å². The Morgan fingerprint density at radius 1 is 1.24 bits per heavy atom. The van der Waals surface area contributed by atoms with Crippen LogP contribution in [0.4, 0.5) is 13.2 Å². The second-order valence-electron chi connectivity index (χ2n) is 4.56. The maximum atomic E-state index is 11.9. The lowest BCUT2D eigenvalue weighted by Crippen LogP contribution is -2.18. The van der Waals surface area contributed by atoms with Crippen LogP contribution in [0.15, 0.2) is 18.2 Å². The average molecular weight is 307 g/mol. The summed E-state index contributed by atoms with van der Waals surface area (Å²) >= 11 is 0. The van der Waals surface area contributed by atoms with Gasteiger partial charge in [-0.05, 0) is 13.0 Å². The molecule has 0 fully saturated rings. The molecule has 21 heavy (non-hydrogen) atoms. The largest absolute Gasteiger partial charge is 0.497 e. The summed E-state index contributed by atoms with van der Waals surface area (Å²) in [6, 6.07) is 5.07. The van der Waals surface area contributed by atoms with E-state index in [1.54, 1.807) is 18.2 Å². The van der Waals surface area contributed by atoms with Crippen molar-refractivity contribution in [1.82, 2.24) is 0 Å². The number of hydrogen-bond donors (Lipinski definition) is 1. The summed E-state index contributed by atoms with van der Waals surface area (Å²) in [5, 5.41) is 0. The molecule has 0 saturated heterocycles. The molecule has 0 radical (unpaired) electrons. The minimum atomic E-state index is -4.30. The fraction of sp³-hybridized carbons (Fsp3) is 0.571. The molecule has 0 amide bonds. The fourth-order valence-electron chi connectivity index (χ4n) is 1.67. The molecule has 1 aromatic rings. The highest BCUT2D eigenvalue weighted by atomic mass is 19.4. The van der Waals surface area contributed by atoms with Gasteiger partial charge in [-0.3, -0.25) is 0 Å². The molecule has 1 aromatic carbocycles. The predicted molar refractivity (Wildman–Crippen MR) is 72.6 cm³/mol. The van der Waals surface area contributed by atoms with Gasteiger partial charge in [0.25, 0.3) is 0 Å². The zero-order valence-electron chi connectivity index (χ0n) is 12.1. The van der Waals surface area contributed by atoms with E-state index in [-0.39, 0.29) is 19.3 Å². The van der Waals surface area contributed by atoms with Crippen LogP contribution >= 0.6 is 0 Å². The summed E-state index contributed by atoms with van der Waals surface area (Å²) in [6.07, 6.45) is -3.94.